The molecule has 7 heteroatoms. The summed E-state index contributed by atoms with van der Waals surface area (Å²) in [6, 6.07) is 2.06. The molecular weight excluding hydrogens is 304 g/mol. The van der Waals surface area contributed by atoms with Gasteiger partial charge in [-0.1, -0.05) is 6.42 Å². The van der Waals surface area contributed by atoms with E-state index in [1.54, 1.807) is 0 Å². The van der Waals surface area contributed by atoms with Gasteiger partial charge in [0.05, 0.1) is 11.9 Å². The van der Waals surface area contributed by atoms with Crippen LogP contribution in [0.25, 0.3) is 5.65 Å². The van der Waals surface area contributed by atoms with Crippen LogP contribution in [0.1, 0.15) is 43.8 Å². The highest BCUT2D eigenvalue weighted by Crippen LogP contribution is 2.38. The lowest BCUT2D eigenvalue weighted by atomic mass is 9.84. The Morgan fingerprint density at radius 3 is 2.50 bits per heavy atom. The minimum Gasteiger partial charge on any atom is -0.367 e. The normalized spacial score (nSPS) is 22.0. The zero-order valence-corrected chi connectivity index (χ0v) is 13.8. The minimum atomic E-state index is 0.298. The van der Waals surface area contributed by atoms with Crippen LogP contribution in [0.3, 0.4) is 0 Å². The lowest BCUT2D eigenvalue weighted by molar-refractivity contribution is -0.138. The third-order valence-electron chi connectivity index (χ3n) is 5.62. The van der Waals surface area contributed by atoms with Crippen molar-refractivity contribution in [2.24, 2.45) is 5.92 Å². The Balaban J connectivity index is 1.29. The molecule has 126 valence electrons. The molecule has 0 N–H and O–H groups in total. The fourth-order valence-corrected chi connectivity index (χ4v) is 3.67. The molecule has 0 aromatic carbocycles. The van der Waals surface area contributed by atoms with Crippen LogP contribution in [0.2, 0.25) is 0 Å². The quantitative estimate of drug-likeness (QED) is 0.854. The molecule has 3 fully saturated rings. The predicted octanol–water partition coefficient (Wildman–Crippen LogP) is 1.45. The molecule has 1 amide bonds. The largest absolute Gasteiger partial charge is 0.367 e. The van der Waals surface area contributed by atoms with Crippen molar-refractivity contribution in [3.05, 3.63) is 18.1 Å². The maximum absolute atomic E-state index is 12.3. The SMILES string of the molecule is O=C(C1CCC1)N1CCN(c2cnn3c(C4CC4)nnc3c2)CC1. The molecule has 0 unspecified atom stereocenters. The van der Waals surface area contributed by atoms with Gasteiger partial charge in [0.2, 0.25) is 5.91 Å². The highest BCUT2D eigenvalue weighted by Gasteiger charge is 2.32. The van der Waals surface area contributed by atoms with E-state index in [0.29, 0.717) is 17.7 Å². The van der Waals surface area contributed by atoms with E-state index < -0.39 is 0 Å². The molecular formula is C17H22N6O. The van der Waals surface area contributed by atoms with Crippen LogP contribution in [0.4, 0.5) is 5.69 Å². The molecule has 2 aromatic heterocycles. The third kappa shape index (κ3) is 2.34. The lowest BCUT2D eigenvalue weighted by Crippen LogP contribution is -2.51. The van der Waals surface area contributed by atoms with Crippen molar-refractivity contribution in [1.29, 1.82) is 0 Å². The van der Waals surface area contributed by atoms with Gasteiger partial charge in [-0.15, -0.1) is 10.2 Å². The van der Waals surface area contributed by atoms with Crippen molar-refractivity contribution in [3.63, 3.8) is 0 Å². The fraction of sp³-hybridized carbons (Fsp3) is 0.647. The van der Waals surface area contributed by atoms with Gasteiger partial charge in [-0.25, -0.2) is 0 Å². The van der Waals surface area contributed by atoms with Crippen LogP contribution in [-0.4, -0.2) is 56.8 Å². The maximum atomic E-state index is 12.3. The van der Waals surface area contributed by atoms with E-state index in [0.717, 1.165) is 56.2 Å². The topological polar surface area (TPSA) is 66.6 Å². The van der Waals surface area contributed by atoms with Gasteiger partial charge in [-0.2, -0.15) is 9.61 Å². The zero-order chi connectivity index (χ0) is 16.1. The summed E-state index contributed by atoms with van der Waals surface area (Å²) >= 11 is 0. The number of carbonyl (C=O) groups is 1. The molecule has 7 nitrogen and oxygen atoms in total. The highest BCUT2D eigenvalue weighted by molar-refractivity contribution is 5.80. The summed E-state index contributed by atoms with van der Waals surface area (Å²) in [5.74, 6) is 2.19. The first-order chi connectivity index (χ1) is 11.8. The van der Waals surface area contributed by atoms with E-state index in [9.17, 15) is 4.79 Å². The first kappa shape index (κ1) is 14.2. The molecule has 3 aliphatic rings. The summed E-state index contributed by atoms with van der Waals surface area (Å²) in [6.07, 6.45) is 7.67. The Hall–Kier alpha value is -2.18. The number of rotatable bonds is 3. The molecule has 0 atom stereocenters. The van der Waals surface area contributed by atoms with Crippen molar-refractivity contribution >= 4 is 17.2 Å². The molecule has 0 radical (unpaired) electrons. The predicted molar refractivity (Wildman–Crippen MR) is 88.9 cm³/mol. The third-order valence-corrected chi connectivity index (χ3v) is 5.62. The number of hydrogen-bond donors (Lipinski definition) is 0. The van der Waals surface area contributed by atoms with Crippen molar-refractivity contribution in [1.82, 2.24) is 24.7 Å². The van der Waals surface area contributed by atoms with Crippen molar-refractivity contribution < 1.29 is 4.79 Å². The van der Waals surface area contributed by atoms with E-state index in [-0.39, 0.29) is 0 Å². The molecule has 0 bridgehead atoms. The number of amides is 1. The van der Waals surface area contributed by atoms with Crippen LogP contribution < -0.4 is 4.90 Å². The first-order valence-corrected chi connectivity index (χ1v) is 9.05. The van der Waals surface area contributed by atoms with Gasteiger partial charge >= 0.3 is 0 Å². The van der Waals surface area contributed by atoms with Gasteiger partial charge in [-0.3, -0.25) is 4.79 Å². The molecule has 1 aliphatic heterocycles. The maximum Gasteiger partial charge on any atom is 0.225 e. The van der Waals surface area contributed by atoms with Gasteiger partial charge in [0.25, 0.3) is 0 Å². The summed E-state index contributed by atoms with van der Waals surface area (Å²) in [7, 11) is 0. The van der Waals surface area contributed by atoms with E-state index in [2.05, 4.69) is 26.3 Å². The summed E-state index contributed by atoms with van der Waals surface area (Å²) < 4.78 is 1.87. The number of fused-ring (bicyclic) bond motifs is 1. The summed E-state index contributed by atoms with van der Waals surface area (Å²) in [5.41, 5.74) is 1.90. The second-order valence-corrected chi connectivity index (χ2v) is 7.26. The number of anilines is 1. The van der Waals surface area contributed by atoms with E-state index in [1.807, 2.05) is 15.6 Å². The van der Waals surface area contributed by atoms with Gasteiger partial charge in [0.15, 0.2) is 11.5 Å². The molecule has 3 heterocycles. The van der Waals surface area contributed by atoms with Crippen molar-refractivity contribution in [2.45, 2.75) is 38.0 Å². The Morgan fingerprint density at radius 2 is 1.83 bits per heavy atom. The molecule has 1 saturated heterocycles. The average Bonchev–Trinajstić information content (AvgIpc) is 3.32. The van der Waals surface area contributed by atoms with Crippen LogP contribution in [0.5, 0.6) is 0 Å². The van der Waals surface area contributed by atoms with Crippen LogP contribution in [-0.2, 0) is 4.79 Å². The number of piperazine rings is 1. The Bertz CT molecular complexity index is 770. The van der Waals surface area contributed by atoms with Crippen LogP contribution >= 0.6 is 0 Å². The lowest BCUT2D eigenvalue weighted by Gasteiger charge is -2.39. The second-order valence-electron chi connectivity index (χ2n) is 7.26. The summed E-state index contributed by atoms with van der Waals surface area (Å²) in [4.78, 5) is 16.7. The highest BCUT2D eigenvalue weighted by atomic mass is 16.2. The average molecular weight is 326 g/mol. The molecule has 5 rings (SSSR count). The monoisotopic (exact) mass is 326 g/mol. The summed E-state index contributed by atoms with van der Waals surface area (Å²) in [6.45, 7) is 3.33. The molecule has 24 heavy (non-hydrogen) atoms. The van der Waals surface area contributed by atoms with Gasteiger partial charge in [-0.05, 0) is 25.7 Å². The molecule has 2 aromatic rings. The number of nitrogens with zero attached hydrogens (tertiary/aromatic N) is 6. The number of hydrogen-bond acceptors (Lipinski definition) is 5. The van der Waals surface area contributed by atoms with Gasteiger partial charge in [0.1, 0.15) is 0 Å². The first-order valence-electron chi connectivity index (χ1n) is 9.05. The van der Waals surface area contributed by atoms with E-state index >= 15 is 0 Å². The van der Waals surface area contributed by atoms with Crippen LogP contribution in [0, 0.1) is 5.92 Å². The van der Waals surface area contributed by atoms with Crippen molar-refractivity contribution in [2.75, 3.05) is 31.1 Å². The van der Waals surface area contributed by atoms with E-state index in [1.165, 1.54) is 19.3 Å². The smallest absolute Gasteiger partial charge is 0.225 e. The summed E-state index contributed by atoms with van der Waals surface area (Å²) in [5, 5.41) is 13.1. The molecule has 0 spiro atoms. The Labute approximate surface area is 140 Å². The Kier molecular flexibility index (Phi) is 3.21. The fourth-order valence-electron chi connectivity index (χ4n) is 3.67. The van der Waals surface area contributed by atoms with Crippen LogP contribution in [0.15, 0.2) is 12.3 Å². The molecule has 2 aliphatic carbocycles. The number of aromatic nitrogens is 4. The molecule has 2 saturated carbocycles. The Morgan fingerprint density at radius 1 is 1.04 bits per heavy atom. The zero-order valence-electron chi connectivity index (χ0n) is 13.8. The minimum absolute atomic E-state index is 0.298. The number of carbonyl (C=O) groups excluding carboxylic acids is 1. The second kappa shape index (κ2) is 5.43. The van der Waals surface area contributed by atoms with Gasteiger partial charge in [0, 0.05) is 44.1 Å². The standard InChI is InChI=1S/C17H22N6O/c24-17(13-2-1-3-13)22-8-6-21(7-9-22)14-10-15-19-20-16(12-4-5-12)23(15)18-11-14/h10-13H,1-9H2. The van der Waals surface area contributed by atoms with E-state index in [4.69, 9.17) is 0 Å². The van der Waals surface area contributed by atoms with Gasteiger partial charge < -0.3 is 9.80 Å². The van der Waals surface area contributed by atoms with Crippen molar-refractivity contribution in [3.8, 4) is 0 Å².